The number of aryl methyl sites for hydroxylation is 1. The molecule has 0 fully saturated rings. The van der Waals surface area contributed by atoms with Crippen LogP contribution in [0.1, 0.15) is 0 Å². The number of nitrogens with zero attached hydrogens (tertiary/aromatic N) is 2. The molecule has 0 radical (unpaired) electrons. The van der Waals surface area contributed by atoms with Crippen LogP contribution < -0.4 is 5.56 Å². The number of hydrogen-bond acceptors (Lipinski definition) is 1. The second-order valence-corrected chi connectivity index (χ2v) is 2.87. The molecule has 0 spiro atoms. The number of hydrogen-bond donors (Lipinski definition) is 0. The van der Waals surface area contributed by atoms with E-state index in [2.05, 4.69) is 0 Å². The van der Waals surface area contributed by atoms with Gasteiger partial charge in [0, 0.05) is 14.1 Å². The van der Waals surface area contributed by atoms with Gasteiger partial charge >= 0.3 is 0 Å². The molecule has 0 aliphatic heterocycles. The maximum absolute atomic E-state index is 11.5. The maximum atomic E-state index is 11.5. The van der Waals surface area contributed by atoms with E-state index in [0.29, 0.717) is 0 Å². The summed E-state index contributed by atoms with van der Waals surface area (Å²) < 4.78 is 3.45. The van der Waals surface area contributed by atoms with Gasteiger partial charge in [-0.15, -0.1) is 0 Å². The standard InChI is InChI=1S/C9H10N2O/c1-10-8-6-4-3-5-7(8)9(12)11(10)2/h3-6H,1-2H3. The molecule has 0 aliphatic carbocycles. The first-order valence-electron chi connectivity index (χ1n) is 3.82. The Morgan fingerprint density at radius 3 is 2.42 bits per heavy atom. The molecule has 0 bridgehead atoms. The van der Waals surface area contributed by atoms with E-state index in [1.165, 1.54) is 0 Å². The molecule has 1 heterocycles. The van der Waals surface area contributed by atoms with E-state index >= 15 is 0 Å². The van der Waals surface area contributed by atoms with E-state index < -0.39 is 0 Å². The molecule has 0 N–H and O–H groups in total. The molecule has 0 amide bonds. The normalized spacial score (nSPS) is 10.8. The fourth-order valence-electron chi connectivity index (χ4n) is 1.41. The van der Waals surface area contributed by atoms with Crippen molar-refractivity contribution < 1.29 is 0 Å². The summed E-state index contributed by atoms with van der Waals surface area (Å²) in [5.74, 6) is 0. The summed E-state index contributed by atoms with van der Waals surface area (Å²) >= 11 is 0. The van der Waals surface area contributed by atoms with Gasteiger partial charge < -0.3 is 0 Å². The number of benzene rings is 1. The lowest BCUT2D eigenvalue weighted by Crippen LogP contribution is -2.16. The molecular weight excluding hydrogens is 152 g/mol. The number of rotatable bonds is 0. The van der Waals surface area contributed by atoms with Crippen molar-refractivity contribution >= 4 is 10.9 Å². The van der Waals surface area contributed by atoms with Crippen molar-refractivity contribution in [1.82, 2.24) is 9.36 Å². The average molecular weight is 162 g/mol. The summed E-state index contributed by atoms with van der Waals surface area (Å²) in [6.07, 6.45) is 0. The van der Waals surface area contributed by atoms with Gasteiger partial charge in [0.25, 0.3) is 5.56 Å². The first-order valence-corrected chi connectivity index (χ1v) is 3.82. The molecular formula is C9H10N2O. The van der Waals surface area contributed by atoms with Gasteiger partial charge in [0.15, 0.2) is 0 Å². The lowest BCUT2D eigenvalue weighted by molar-refractivity contribution is 0.595. The van der Waals surface area contributed by atoms with Crippen LogP contribution in [-0.2, 0) is 14.1 Å². The van der Waals surface area contributed by atoms with Crippen LogP contribution in [0.5, 0.6) is 0 Å². The summed E-state index contributed by atoms with van der Waals surface area (Å²) in [6, 6.07) is 7.60. The Labute approximate surface area is 69.8 Å². The van der Waals surface area contributed by atoms with Crippen LogP contribution in [0.3, 0.4) is 0 Å². The summed E-state index contributed by atoms with van der Waals surface area (Å²) in [5, 5.41) is 0.780. The smallest absolute Gasteiger partial charge is 0.274 e. The predicted octanol–water partition coefficient (Wildman–Crippen LogP) is 0.877. The van der Waals surface area contributed by atoms with E-state index in [0.717, 1.165) is 10.9 Å². The van der Waals surface area contributed by atoms with Crippen molar-refractivity contribution in [2.75, 3.05) is 0 Å². The molecule has 0 unspecified atom stereocenters. The molecule has 0 saturated heterocycles. The minimum atomic E-state index is 0.0631. The molecule has 2 rings (SSSR count). The summed E-state index contributed by atoms with van der Waals surface area (Å²) in [7, 11) is 3.64. The maximum Gasteiger partial charge on any atom is 0.274 e. The first-order chi connectivity index (χ1) is 5.72. The Morgan fingerprint density at radius 1 is 1.08 bits per heavy atom. The highest BCUT2D eigenvalue weighted by molar-refractivity contribution is 5.78. The molecule has 0 saturated carbocycles. The van der Waals surface area contributed by atoms with Crippen molar-refractivity contribution in [3.8, 4) is 0 Å². The minimum absolute atomic E-state index is 0.0631. The van der Waals surface area contributed by atoms with E-state index in [1.54, 1.807) is 11.7 Å². The molecule has 0 aliphatic rings. The third kappa shape index (κ3) is 0.733. The second kappa shape index (κ2) is 2.24. The number of para-hydroxylation sites is 1. The number of aromatic nitrogens is 2. The van der Waals surface area contributed by atoms with Crippen LogP contribution >= 0.6 is 0 Å². The lowest BCUT2D eigenvalue weighted by Gasteiger charge is -1.98. The van der Waals surface area contributed by atoms with Crippen LogP contribution in [0.15, 0.2) is 29.1 Å². The van der Waals surface area contributed by atoms with Crippen molar-refractivity contribution in [3.05, 3.63) is 34.6 Å². The van der Waals surface area contributed by atoms with Gasteiger partial charge in [0.05, 0.1) is 10.9 Å². The zero-order valence-corrected chi connectivity index (χ0v) is 7.11. The Kier molecular flexibility index (Phi) is 1.33. The van der Waals surface area contributed by atoms with Crippen LogP contribution in [-0.4, -0.2) is 9.36 Å². The number of fused-ring (bicyclic) bond motifs is 1. The third-order valence-electron chi connectivity index (χ3n) is 2.23. The van der Waals surface area contributed by atoms with Crippen LogP contribution in [0.4, 0.5) is 0 Å². The zero-order chi connectivity index (χ0) is 8.72. The van der Waals surface area contributed by atoms with E-state index in [-0.39, 0.29) is 5.56 Å². The largest absolute Gasteiger partial charge is 0.285 e. The monoisotopic (exact) mass is 162 g/mol. The highest BCUT2D eigenvalue weighted by Gasteiger charge is 2.04. The average Bonchev–Trinajstić information content (AvgIpc) is 2.33. The van der Waals surface area contributed by atoms with Crippen LogP contribution in [0.25, 0.3) is 10.9 Å². The summed E-state index contributed by atoms with van der Waals surface area (Å²) in [4.78, 5) is 11.5. The molecule has 1 aromatic heterocycles. The predicted molar refractivity (Wildman–Crippen MR) is 48.2 cm³/mol. The summed E-state index contributed by atoms with van der Waals surface area (Å²) in [6.45, 7) is 0. The topological polar surface area (TPSA) is 26.9 Å². The first kappa shape index (κ1) is 7.16. The molecule has 12 heavy (non-hydrogen) atoms. The van der Waals surface area contributed by atoms with Gasteiger partial charge in [-0.3, -0.25) is 14.2 Å². The zero-order valence-electron chi connectivity index (χ0n) is 7.11. The van der Waals surface area contributed by atoms with Crippen molar-refractivity contribution in [1.29, 1.82) is 0 Å². The van der Waals surface area contributed by atoms with E-state index in [1.807, 2.05) is 36.0 Å². The van der Waals surface area contributed by atoms with Gasteiger partial charge in [-0.25, -0.2) is 0 Å². The second-order valence-electron chi connectivity index (χ2n) is 2.87. The summed E-state index contributed by atoms with van der Waals surface area (Å²) in [5.41, 5.74) is 1.04. The van der Waals surface area contributed by atoms with Gasteiger partial charge in [0.2, 0.25) is 0 Å². The molecule has 2 aromatic rings. The molecule has 62 valence electrons. The van der Waals surface area contributed by atoms with Crippen LogP contribution in [0, 0.1) is 0 Å². The SMILES string of the molecule is Cn1c(=O)c2ccccc2n1C. The van der Waals surface area contributed by atoms with Crippen molar-refractivity contribution in [3.63, 3.8) is 0 Å². The third-order valence-corrected chi connectivity index (χ3v) is 2.23. The lowest BCUT2D eigenvalue weighted by atomic mass is 10.2. The Bertz CT molecular complexity index is 479. The van der Waals surface area contributed by atoms with E-state index in [4.69, 9.17) is 0 Å². The van der Waals surface area contributed by atoms with Gasteiger partial charge in [-0.2, -0.15) is 0 Å². The molecule has 3 nitrogen and oxygen atoms in total. The van der Waals surface area contributed by atoms with Crippen molar-refractivity contribution in [2.45, 2.75) is 0 Å². The molecule has 3 heteroatoms. The van der Waals surface area contributed by atoms with Gasteiger partial charge in [-0.1, -0.05) is 12.1 Å². The highest BCUT2D eigenvalue weighted by atomic mass is 16.1. The van der Waals surface area contributed by atoms with Crippen LogP contribution in [0.2, 0.25) is 0 Å². The van der Waals surface area contributed by atoms with Crippen molar-refractivity contribution in [2.24, 2.45) is 14.1 Å². The Hall–Kier alpha value is -1.51. The fraction of sp³-hybridized carbons (Fsp3) is 0.222. The fourth-order valence-corrected chi connectivity index (χ4v) is 1.41. The van der Waals surface area contributed by atoms with E-state index in [9.17, 15) is 4.79 Å². The minimum Gasteiger partial charge on any atom is -0.285 e. The highest BCUT2D eigenvalue weighted by Crippen LogP contribution is 2.07. The van der Waals surface area contributed by atoms with Gasteiger partial charge in [-0.05, 0) is 12.1 Å². The molecule has 0 atom stereocenters. The quantitative estimate of drug-likeness (QED) is 0.565. The Balaban J connectivity index is 3.09. The Morgan fingerprint density at radius 2 is 1.75 bits per heavy atom. The van der Waals surface area contributed by atoms with Gasteiger partial charge in [0.1, 0.15) is 0 Å². The molecule has 1 aromatic carbocycles.